The highest BCUT2D eigenvalue weighted by atomic mass is 16.2. The van der Waals surface area contributed by atoms with Crippen LogP contribution >= 0.6 is 0 Å². The van der Waals surface area contributed by atoms with Crippen molar-refractivity contribution in [2.45, 2.75) is 12.8 Å². The molecule has 1 fully saturated rings. The Morgan fingerprint density at radius 2 is 1.94 bits per heavy atom. The number of hydrogen-bond donors (Lipinski definition) is 2. The Morgan fingerprint density at radius 3 is 2.59 bits per heavy atom. The highest BCUT2D eigenvalue weighted by Gasteiger charge is 2.19. The van der Waals surface area contributed by atoms with E-state index in [1.807, 2.05) is 4.90 Å². The van der Waals surface area contributed by atoms with E-state index in [-0.39, 0.29) is 5.91 Å². The van der Waals surface area contributed by atoms with E-state index in [9.17, 15) is 9.59 Å². The van der Waals surface area contributed by atoms with E-state index in [1.54, 1.807) is 24.3 Å². The Morgan fingerprint density at radius 1 is 1.24 bits per heavy atom. The molecule has 0 atom stereocenters. The van der Waals surface area contributed by atoms with Gasteiger partial charge in [-0.25, -0.2) is 4.79 Å². The summed E-state index contributed by atoms with van der Waals surface area (Å²) in [5, 5.41) is 2.46. The van der Waals surface area contributed by atoms with Crippen molar-refractivity contribution in [3.63, 3.8) is 0 Å². The number of primary amides is 1. The number of rotatable bonds is 2. The lowest BCUT2D eigenvalue weighted by Gasteiger charge is -2.15. The van der Waals surface area contributed by atoms with E-state index in [2.05, 4.69) is 5.32 Å². The number of likely N-dealkylation sites (tertiary alicyclic amines) is 1. The molecule has 0 unspecified atom stereocenters. The lowest BCUT2D eigenvalue weighted by molar-refractivity contribution is 0.0793. The zero-order valence-electron chi connectivity index (χ0n) is 9.48. The molecule has 0 bridgehead atoms. The quantitative estimate of drug-likeness (QED) is 0.810. The largest absolute Gasteiger partial charge is 0.351 e. The maximum atomic E-state index is 12.1. The molecule has 1 saturated heterocycles. The van der Waals surface area contributed by atoms with Gasteiger partial charge in [0, 0.05) is 24.3 Å². The average Bonchev–Trinajstić information content (AvgIpc) is 2.81. The number of carbonyl (C=O) groups is 2. The molecule has 1 aliphatic rings. The molecule has 1 aromatic carbocycles. The number of nitrogens with zero attached hydrogens (tertiary/aromatic N) is 1. The molecule has 0 spiro atoms. The van der Waals surface area contributed by atoms with Crippen LogP contribution in [0.4, 0.5) is 10.5 Å². The van der Waals surface area contributed by atoms with Crippen molar-refractivity contribution < 1.29 is 9.59 Å². The van der Waals surface area contributed by atoms with Gasteiger partial charge >= 0.3 is 6.03 Å². The number of carbonyl (C=O) groups excluding carboxylic acids is 2. The minimum absolute atomic E-state index is 0.00983. The van der Waals surface area contributed by atoms with E-state index >= 15 is 0 Å². The Balaban J connectivity index is 2.14. The molecule has 0 radical (unpaired) electrons. The number of amides is 3. The van der Waals surface area contributed by atoms with Crippen LogP contribution in [0.25, 0.3) is 0 Å². The number of nitrogens with two attached hydrogens (primary N) is 1. The Bertz CT molecular complexity index is 439. The summed E-state index contributed by atoms with van der Waals surface area (Å²) in [6.45, 7) is 1.62. The second-order valence-corrected chi connectivity index (χ2v) is 4.07. The predicted octanol–water partition coefficient (Wildman–Crippen LogP) is 1.41. The maximum Gasteiger partial charge on any atom is 0.316 e. The number of urea groups is 1. The minimum atomic E-state index is -0.629. The van der Waals surface area contributed by atoms with E-state index in [4.69, 9.17) is 5.73 Å². The fourth-order valence-corrected chi connectivity index (χ4v) is 1.98. The van der Waals surface area contributed by atoms with Crippen molar-refractivity contribution in [1.82, 2.24) is 4.90 Å². The molecule has 0 aromatic heterocycles. The van der Waals surface area contributed by atoms with Crippen LogP contribution in [0, 0.1) is 0 Å². The van der Waals surface area contributed by atoms with E-state index in [0.717, 1.165) is 25.9 Å². The summed E-state index contributed by atoms with van der Waals surface area (Å²) in [5.74, 6) is 0.00983. The molecule has 5 nitrogen and oxygen atoms in total. The van der Waals surface area contributed by atoms with E-state index in [1.165, 1.54) is 0 Å². The summed E-state index contributed by atoms with van der Waals surface area (Å²) < 4.78 is 0. The fraction of sp³-hybridized carbons (Fsp3) is 0.333. The van der Waals surface area contributed by atoms with Crippen LogP contribution in [0.15, 0.2) is 24.3 Å². The summed E-state index contributed by atoms with van der Waals surface area (Å²) in [4.78, 5) is 24.6. The molecule has 1 aromatic rings. The second kappa shape index (κ2) is 4.86. The van der Waals surface area contributed by atoms with Crippen LogP contribution in [0.1, 0.15) is 23.2 Å². The topological polar surface area (TPSA) is 75.4 Å². The maximum absolute atomic E-state index is 12.1. The lowest BCUT2D eigenvalue weighted by Crippen LogP contribution is -2.27. The first kappa shape index (κ1) is 11.4. The molecule has 90 valence electrons. The summed E-state index contributed by atoms with van der Waals surface area (Å²) in [5.41, 5.74) is 6.15. The molecule has 2 rings (SSSR count). The average molecular weight is 233 g/mol. The zero-order chi connectivity index (χ0) is 12.3. The van der Waals surface area contributed by atoms with Gasteiger partial charge in [0.25, 0.3) is 5.91 Å². The van der Waals surface area contributed by atoms with Crippen molar-refractivity contribution in [1.29, 1.82) is 0 Å². The van der Waals surface area contributed by atoms with Gasteiger partial charge in [-0.05, 0) is 31.0 Å². The normalized spacial score (nSPS) is 14.7. The standard InChI is InChI=1S/C12H15N3O2/c13-12(17)14-10-5-3-4-9(8-10)11(16)15-6-1-2-7-15/h3-5,8H,1-2,6-7H2,(H3,13,14,17). The first-order valence-electron chi connectivity index (χ1n) is 5.62. The molecule has 17 heavy (non-hydrogen) atoms. The molecular formula is C12H15N3O2. The molecule has 0 aliphatic carbocycles. The van der Waals surface area contributed by atoms with E-state index < -0.39 is 6.03 Å². The molecule has 3 N–H and O–H groups in total. The zero-order valence-corrected chi connectivity index (χ0v) is 9.48. The number of nitrogens with one attached hydrogen (secondary N) is 1. The Hall–Kier alpha value is -2.04. The van der Waals surface area contributed by atoms with Gasteiger partial charge in [-0.1, -0.05) is 6.07 Å². The SMILES string of the molecule is NC(=O)Nc1cccc(C(=O)N2CCCC2)c1. The third-order valence-electron chi connectivity index (χ3n) is 2.77. The molecular weight excluding hydrogens is 218 g/mol. The molecule has 1 heterocycles. The van der Waals surface area contributed by atoms with Crippen LogP contribution in [0.3, 0.4) is 0 Å². The van der Waals surface area contributed by atoms with Crippen LogP contribution in [0.5, 0.6) is 0 Å². The molecule has 1 aliphatic heterocycles. The number of benzene rings is 1. The van der Waals surface area contributed by atoms with Gasteiger partial charge in [-0.3, -0.25) is 4.79 Å². The highest BCUT2D eigenvalue weighted by Crippen LogP contribution is 2.16. The van der Waals surface area contributed by atoms with Crippen LogP contribution < -0.4 is 11.1 Å². The number of anilines is 1. The summed E-state index contributed by atoms with van der Waals surface area (Å²) in [6.07, 6.45) is 2.12. The van der Waals surface area contributed by atoms with Gasteiger partial charge in [-0.2, -0.15) is 0 Å². The van der Waals surface area contributed by atoms with Crippen molar-refractivity contribution in [3.8, 4) is 0 Å². The van der Waals surface area contributed by atoms with Crippen LogP contribution in [-0.2, 0) is 0 Å². The number of hydrogen-bond acceptors (Lipinski definition) is 2. The van der Waals surface area contributed by atoms with Crippen molar-refractivity contribution in [2.24, 2.45) is 5.73 Å². The van der Waals surface area contributed by atoms with Gasteiger partial charge in [0.1, 0.15) is 0 Å². The van der Waals surface area contributed by atoms with Crippen molar-refractivity contribution >= 4 is 17.6 Å². The van der Waals surface area contributed by atoms with Gasteiger partial charge in [0.15, 0.2) is 0 Å². The first-order chi connectivity index (χ1) is 8.16. The summed E-state index contributed by atoms with van der Waals surface area (Å²) in [6, 6.07) is 6.19. The summed E-state index contributed by atoms with van der Waals surface area (Å²) in [7, 11) is 0. The lowest BCUT2D eigenvalue weighted by atomic mass is 10.2. The molecule has 3 amide bonds. The van der Waals surface area contributed by atoms with Gasteiger partial charge in [0.2, 0.25) is 0 Å². The first-order valence-corrected chi connectivity index (χ1v) is 5.62. The van der Waals surface area contributed by atoms with Crippen molar-refractivity contribution in [3.05, 3.63) is 29.8 Å². The smallest absolute Gasteiger partial charge is 0.316 e. The minimum Gasteiger partial charge on any atom is -0.351 e. The third-order valence-corrected chi connectivity index (χ3v) is 2.77. The summed E-state index contributed by atoms with van der Waals surface area (Å²) >= 11 is 0. The van der Waals surface area contributed by atoms with Crippen LogP contribution in [0.2, 0.25) is 0 Å². The Labute approximate surface area is 99.6 Å². The third kappa shape index (κ3) is 2.75. The molecule has 5 heteroatoms. The molecule has 0 saturated carbocycles. The van der Waals surface area contributed by atoms with Gasteiger partial charge < -0.3 is 16.0 Å². The van der Waals surface area contributed by atoms with Gasteiger partial charge in [0.05, 0.1) is 0 Å². The van der Waals surface area contributed by atoms with Gasteiger partial charge in [-0.15, -0.1) is 0 Å². The van der Waals surface area contributed by atoms with Crippen LogP contribution in [-0.4, -0.2) is 29.9 Å². The van der Waals surface area contributed by atoms with Crippen molar-refractivity contribution in [2.75, 3.05) is 18.4 Å². The Kier molecular flexibility index (Phi) is 3.27. The fourth-order valence-electron chi connectivity index (χ4n) is 1.98. The predicted molar refractivity (Wildman–Crippen MR) is 64.8 cm³/mol. The second-order valence-electron chi connectivity index (χ2n) is 4.07. The highest BCUT2D eigenvalue weighted by molar-refractivity contribution is 5.96. The monoisotopic (exact) mass is 233 g/mol. The van der Waals surface area contributed by atoms with E-state index in [0.29, 0.717) is 11.3 Å².